The highest BCUT2D eigenvalue weighted by molar-refractivity contribution is 8.00. The quantitative estimate of drug-likeness (QED) is 0.167. The molecular formula is C28H31N5O5S3. The van der Waals surface area contributed by atoms with E-state index in [1.54, 1.807) is 41.3 Å². The van der Waals surface area contributed by atoms with E-state index in [1.165, 1.54) is 28.2 Å². The molecular weight excluding hydrogens is 583 g/mol. The number of fused-ring (bicyclic) bond motifs is 1. The van der Waals surface area contributed by atoms with Gasteiger partial charge in [-0.2, -0.15) is 12.7 Å². The lowest BCUT2D eigenvalue weighted by atomic mass is 10.2. The van der Waals surface area contributed by atoms with Crippen molar-refractivity contribution in [3.8, 4) is 5.75 Å². The molecule has 4 aromatic rings. The molecule has 2 heterocycles. The number of benzene rings is 3. The Labute approximate surface area is 244 Å². The van der Waals surface area contributed by atoms with Crippen LogP contribution in [0, 0.1) is 13.8 Å². The van der Waals surface area contributed by atoms with Gasteiger partial charge in [-0.3, -0.25) is 0 Å². The Morgan fingerprint density at radius 2 is 1.61 bits per heavy atom. The summed E-state index contributed by atoms with van der Waals surface area (Å²) in [6, 6.07) is 18.7. The molecule has 1 aromatic heterocycles. The molecule has 1 aliphatic heterocycles. The first-order valence-electron chi connectivity index (χ1n) is 13.0. The van der Waals surface area contributed by atoms with Crippen LogP contribution >= 0.6 is 11.8 Å². The number of thioether (sulfide) groups is 1. The van der Waals surface area contributed by atoms with Gasteiger partial charge < -0.3 is 14.6 Å². The molecule has 3 aromatic carbocycles. The molecule has 0 spiro atoms. The summed E-state index contributed by atoms with van der Waals surface area (Å²) < 4.78 is 64.4. The van der Waals surface area contributed by atoms with Crippen molar-refractivity contribution in [1.29, 1.82) is 0 Å². The van der Waals surface area contributed by atoms with Gasteiger partial charge in [-0.1, -0.05) is 47.2 Å². The van der Waals surface area contributed by atoms with Gasteiger partial charge in [0.25, 0.3) is 10.0 Å². The normalized spacial score (nSPS) is 15.1. The number of rotatable bonds is 9. The molecule has 0 aliphatic carbocycles. The van der Waals surface area contributed by atoms with Crippen LogP contribution < -0.4 is 4.74 Å². The third kappa shape index (κ3) is 6.58. The first-order chi connectivity index (χ1) is 19.5. The average molecular weight is 614 g/mol. The van der Waals surface area contributed by atoms with Crippen LogP contribution in [0.25, 0.3) is 11.0 Å². The van der Waals surface area contributed by atoms with E-state index in [-0.39, 0.29) is 34.6 Å². The van der Waals surface area contributed by atoms with E-state index in [0.29, 0.717) is 18.3 Å². The number of sulfonamides is 2. The second-order valence-electron chi connectivity index (χ2n) is 9.64. The summed E-state index contributed by atoms with van der Waals surface area (Å²) in [4.78, 5) is 9.80. The second kappa shape index (κ2) is 11.8. The van der Waals surface area contributed by atoms with E-state index in [2.05, 4.69) is 14.4 Å². The van der Waals surface area contributed by atoms with Gasteiger partial charge in [0.1, 0.15) is 11.6 Å². The minimum Gasteiger partial charge on any atom is -0.494 e. The smallest absolute Gasteiger partial charge is 0.283 e. The molecule has 13 heteroatoms. The summed E-state index contributed by atoms with van der Waals surface area (Å²) in [5, 5.41) is 0.581. The molecule has 0 bridgehead atoms. The number of H-pyrrole nitrogens is 1. The van der Waals surface area contributed by atoms with Gasteiger partial charge >= 0.3 is 0 Å². The van der Waals surface area contributed by atoms with Crippen molar-refractivity contribution < 1.29 is 21.6 Å². The Bertz CT molecular complexity index is 1790. The molecule has 1 fully saturated rings. The molecule has 0 radical (unpaired) electrons. The predicted molar refractivity (Wildman–Crippen MR) is 160 cm³/mol. The molecule has 10 nitrogen and oxygen atoms in total. The van der Waals surface area contributed by atoms with Crippen molar-refractivity contribution >= 4 is 48.7 Å². The van der Waals surface area contributed by atoms with Gasteiger partial charge in [-0.15, -0.1) is 4.40 Å². The third-order valence-corrected chi connectivity index (χ3v) is 10.6. The number of aromatic amines is 1. The summed E-state index contributed by atoms with van der Waals surface area (Å²) in [6.45, 7) is 6.71. The zero-order valence-electron chi connectivity index (χ0n) is 22.9. The van der Waals surface area contributed by atoms with Crippen molar-refractivity contribution in [3.63, 3.8) is 0 Å². The fraction of sp³-hybridized carbons (Fsp3) is 0.286. The zero-order chi connectivity index (χ0) is 29.2. The minimum absolute atomic E-state index is 0.0170. The Kier molecular flexibility index (Phi) is 8.41. The van der Waals surface area contributed by atoms with E-state index >= 15 is 0 Å². The SMILES string of the molecule is CCOc1ccc2nc(SC/C(=N/S(=O)(=O)c3ccc(C)cc3)N3CCN(S(=O)(=O)c4ccc(C)cc4)C3)[nH]c2c1. The fourth-order valence-corrected chi connectivity index (χ4v) is 7.70. The topological polar surface area (TPSA) is 125 Å². The maximum atomic E-state index is 13.3. The van der Waals surface area contributed by atoms with E-state index in [0.717, 1.165) is 27.9 Å². The molecule has 1 saturated heterocycles. The second-order valence-corrected chi connectivity index (χ2v) is 14.1. The highest BCUT2D eigenvalue weighted by Gasteiger charge is 2.33. The van der Waals surface area contributed by atoms with E-state index in [1.807, 2.05) is 39.0 Å². The van der Waals surface area contributed by atoms with Crippen LogP contribution in [0.5, 0.6) is 5.75 Å². The van der Waals surface area contributed by atoms with Crippen molar-refractivity contribution in [2.75, 3.05) is 32.1 Å². The number of hydrogen-bond acceptors (Lipinski definition) is 7. The largest absolute Gasteiger partial charge is 0.494 e. The summed E-state index contributed by atoms with van der Waals surface area (Å²) in [7, 11) is -7.81. The number of imidazole rings is 1. The van der Waals surface area contributed by atoms with Crippen molar-refractivity contribution in [3.05, 3.63) is 77.9 Å². The number of aromatic nitrogens is 2. The zero-order valence-corrected chi connectivity index (χ0v) is 25.4. The number of aryl methyl sites for hydroxylation is 2. The standard InChI is InChI=1S/C28H31N5O5S3/c1-4-38-22-9-14-25-26(17-22)30-28(29-25)39-18-27(31-40(34,35)23-10-5-20(2)6-11-23)32-15-16-33(19-32)41(36,37)24-12-7-21(3)8-13-24/h5-14,17H,4,15-16,18-19H2,1-3H3,(H,29,30)/b31-27-. The lowest BCUT2D eigenvalue weighted by Crippen LogP contribution is -2.35. The van der Waals surface area contributed by atoms with Crippen molar-refractivity contribution in [1.82, 2.24) is 19.2 Å². The maximum Gasteiger partial charge on any atom is 0.283 e. The fourth-order valence-electron chi connectivity index (χ4n) is 4.33. The number of ether oxygens (including phenoxy) is 1. The van der Waals surface area contributed by atoms with Crippen LogP contribution in [0.15, 0.2) is 86.1 Å². The highest BCUT2D eigenvalue weighted by atomic mass is 32.2. The van der Waals surface area contributed by atoms with Crippen molar-refractivity contribution in [2.45, 2.75) is 35.7 Å². The molecule has 5 rings (SSSR count). The van der Waals surface area contributed by atoms with Crippen LogP contribution in [-0.2, 0) is 20.0 Å². The molecule has 216 valence electrons. The van der Waals surface area contributed by atoms with Gasteiger partial charge in [0.2, 0.25) is 10.0 Å². The van der Waals surface area contributed by atoms with Crippen LogP contribution in [0.2, 0.25) is 0 Å². The van der Waals surface area contributed by atoms with E-state index < -0.39 is 20.0 Å². The van der Waals surface area contributed by atoms with E-state index in [9.17, 15) is 16.8 Å². The first-order valence-corrected chi connectivity index (χ1v) is 16.9. The van der Waals surface area contributed by atoms with E-state index in [4.69, 9.17) is 4.74 Å². The van der Waals surface area contributed by atoms with Crippen LogP contribution in [-0.4, -0.2) is 74.0 Å². The molecule has 0 unspecified atom stereocenters. The van der Waals surface area contributed by atoms with Gasteiger partial charge in [0, 0.05) is 19.2 Å². The predicted octanol–water partition coefficient (Wildman–Crippen LogP) is 4.42. The average Bonchev–Trinajstić information content (AvgIpc) is 3.59. The summed E-state index contributed by atoms with van der Waals surface area (Å²) in [5.74, 6) is 1.12. The van der Waals surface area contributed by atoms with Crippen LogP contribution in [0.3, 0.4) is 0 Å². The number of amidine groups is 1. The lowest BCUT2D eigenvalue weighted by molar-refractivity contribution is 0.340. The lowest BCUT2D eigenvalue weighted by Gasteiger charge is -2.21. The van der Waals surface area contributed by atoms with Gasteiger partial charge in [-0.05, 0) is 57.2 Å². The molecule has 0 saturated carbocycles. The first kappa shape index (κ1) is 29.1. The number of hydrogen-bond donors (Lipinski definition) is 1. The van der Waals surface area contributed by atoms with Crippen LogP contribution in [0.1, 0.15) is 18.1 Å². The maximum absolute atomic E-state index is 13.3. The minimum atomic E-state index is -4.05. The van der Waals surface area contributed by atoms with Gasteiger partial charge in [0.15, 0.2) is 5.16 Å². The Morgan fingerprint density at radius 1 is 0.951 bits per heavy atom. The Hall–Kier alpha value is -3.39. The molecule has 41 heavy (non-hydrogen) atoms. The number of nitrogens with zero attached hydrogens (tertiary/aromatic N) is 4. The molecule has 1 N–H and O–H groups in total. The summed E-state index contributed by atoms with van der Waals surface area (Å²) in [5.41, 5.74) is 3.43. The van der Waals surface area contributed by atoms with Crippen LogP contribution in [0.4, 0.5) is 0 Å². The van der Waals surface area contributed by atoms with Gasteiger partial charge in [-0.25, -0.2) is 13.4 Å². The molecule has 0 amide bonds. The Balaban J connectivity index is 1.42. The summed E-state index contributed by atoms with van der Waals surface area (Å²) in [6.07, 6.45) is 0. The van der Waals surface area contributed by atoms with Crippen molar-refractivity contribution in [2.24, 2.45) is 4.40 Å². The highest BCUT2D eigenvalue weighted by Crippen LogP contribution is 2.26. The monoisotopic (exact) mass is 613 g/mol. The molecule has 1 aliphatic rings. The van der Waals surface area contributed by atoms with Gasteiger partial charge in [0.05, 0.1) is 39.9 Å². The Morgan fingerprint density at radius 3 is 2.27 bits per heavy atom. The summed E-state index contributed by atoms with van der Waals surface area (Å²) >= 11 is 1.29. The third-order valence-electron chi connectivity index (χ3n) is 6.60. The number of nitrogens with one attached hydrogen (secondary N) is 1. The molecule has 0 atom stereocenters.